The molecule has 0 N–H and O–H groups in total. The number of ether oxygens (including phenoxy) is 2. The van der Waals surface area contributed by atoms with Gasteiger partial charge in [0.25, 0.3) is 0 Å². The Morgan fingerprint density at radius 1 is 1.50 bits per heavy atom. The van der Waals surface area contributed by atoms with Gasteiger partial charge in [0.1, 0.15) is 0 Å². The summed E-state index contributed by atoms with van der Waals surface area (Å²) in [4.78, 5) is 0. The Kier molecular flexibility index (Phi) is 3.79. The number of halogens is 1. The molecule has 2 unspecified atom stereocenters. The van der Waals surface area contributed by atoms with E-state index in [1.807, 2.05) is 24.3 Å². The second-order valence-corrected chi connectivity index (χ2v) is 4.15. The summed E-state index contributed by atoms with van der Waals surface area (Å²) >= 11 is 5.88. The molecule has 1 aromatic rings. The molecule has 0 amide bonds. The molecule has 16 heavy (non-hydrogen) atoms. The highest BCUT2D eigenvalue weighted by atomic mass is 35.5. The van der Waals surface area contributed by atoms with Gasteiger partial charge < -0.3 is 9.47 Å². The van der Waals surface area contributed by atoms with Crippen molar-refractivity contribution < 1.29 is 9.47 Å². The molecule has 0 radical (unpaired) electrons. The first-order valence-electron chi connectivity index (χ1n) is 5.16. The molecule has 0 spiro atoms. The molecule has 1 heterocycles. The maximum Gasteiger partial charge on any atom is 0.162 e. The van der Waals surface area contributed by atoms with Crippen LogP contribution in [0.4, 0.5) is 0 Å². The van der Waals surface area contributed by atoms with Gasteiger partial charge in [-0.15, -0.1) is 0 Å². The predicted octanol–water partition coefficient (Wildman–Crippen LogP) is 2.54. The van der Waals surface area contributed by atoms with Gasteiger partial charge in [0.05, 0.1) is 25.2 Å². The molecule has 2 rings (SSSR count). The molecule has 1 aliphatic heterocycles. The third-order valence-electron chi connectivity index (χ3n) is 2.42. The van der Waals surface area contributed by atoms with Crippen LogP contribution in [-0.2, 0) is 15.9 Å². The fourth-order valence-corrected chi connectivity index (χ4v) is 1.89. The zero-order valence-electron chi connectivity index (χ0n) is 8.73. The van der Waals surface area contributed by atoms with Crippen LogP contribution in [0.25, 0.3) is 0 Å². The van der Waals surface area contributed by atoms with Gasteiger partial charge in [0.15, 0.2) is 6.29 Å². The van der Waals surface area contributed by atoms with Gasteiger partial charge in [-0.05, 0) is 17.7 Å². The molecular weight excluding hydrogens is 226 g/mol. The highest BCUT2D eigenvalue weighted by molar-refractivity contribution is 6.30. The summed E-state index contributed by atoms with van der Waals surface area (Å²) < 4.78 is 11.0. The average molecular weight is 238 g/mol. The first-order valence-corrected chi connectivity index (χ1v) is 5.54. The van der Waals surface area contributed by atoms with Crippen LogP contribution < -0.4 is 0 Å². The molecule has 3 nitrogen and oxygen atoms in total. The monoisotopic (exact) mass is 237 g/mol. The first-order chi connectivity index (χ1) is 7.78. The lowest BCUT2D eigenvalue weighted by atomic mass is 10.1. The summed E-state index contributed by atoms with van der Waals surface area (Å²) in [5, 5.41) is 9.25. The molecule has 0 aromatic heterocycles. The lowest BCUT2D eigenvalue weighted by molar-refractivity contribution is -0.0548. The molecule has 4 heteroatoms. The van der Waals surface area contributed by atoms with Gasteiger partial charge in [-0.2, -0.15) is 5.26 Å². The minimum Gasteiger partial charge on any atom is -0.350 e. The third-order valence-corrected chi connectivity index (χ3v) is 2.66. The van der Waals surface area contributed by atoms with Gasteiger partial charge in [-0.1, -0.05) is 23.7 Å². The number of hydrogen-bond donors (Lipinski definition) is 0. The Balaban J connectivity index is 1.90. The van der Waals surface area contributed by atoms with Crippen molar-refractivity contribution in [1.29, 1.82) is 5.26 Å². The maximum atomic E-state index is 8.54. The van der Waals surface area contributed by atoms with Crippen molar-refractivity contribution in [3.8, 4) is 6.07 Å². The van der Waals surface area contributed by atoms with Gasteiger partial charge in [0.2, 0.25) is 0 Å². The van der Waals surface area contributed by atoms with Gasteiger partial charge in [-0.25, -0.2) is 0 Å². The summed E-state index contributed by atoms with van der Waals surface area (Å²) in [6.45, 7) is 0.499. The molecule has 1 saturated heterocycles. The molecule has 1 aromatic carbocycles. The van der Waals surface area contributed by atoms with E-state index in [1.165, 1.54) is 0 Å². The summed E-state index contributed by atoms with van der Waals surface area (Å²) in [6, 6.07) is 9.69. The second-order valence-electron chi connectivity index (χ2n) is 3.72. The smallest absolute Gasteiger partial charge is 0.162 e. The van der Waals surface area contributed by atoms with E-state index in [0.29, 0.717) is 24.5 Å². The predicted molar refractivity (Wildman–Crippen MR) is 60.0 cm³/mol. The summed E-state index contributed by atoms with van der Waals surface area (Å²) in [6.07, 6.45) is 0.708. The summed E-state index contributed by atoms with van der Waals surface area (Å²) in [5.41, 5.74) is 1.08. The van der Waals surface area contributed by atoms with E-state index in [2.05, 4.69) is 6.07 Å². The number of nitrogens with zero attached hydrogens (tertiary/aromatic N) is 1. The molecule has 1 fully saturated rings. The highest BCUT2D eigenvalue weighted by Crippen LogP contribution is 2.19. The van der Waals surface area contributed by atoms with Gasteiger partial charge in [-0.3, -0.25) is 0 Å². The Bertz CT molecular complexity index is 402. The van der Waals surface area contributed by atoms with Crippen LogP contribution in [0, 0.1) is 11.3 Å². The van der Waals surface area contributed by atoms with Crippen LogP contribution in [-0.4, -0.2) is 19.0 Å². The second kappa shape index (κ2) is 5.31. The van der Waals surface area contributed by atoms with Crippen molar-refractivity contribution in [2.75, 3.05) is 6.61 Å². The van der Waals surface area contributed by atoms with Crippen LogP contribution in [0.5, 0.6) is 0 Å². The number of rotatable bonds is 3. The first kappa shape index (κ1) is 11.4. The topological polar surface area (TPSA) is 42.2 Å². The normalized spacial score (nSPS) is 24.2. The SMILES string of the molecule is N#CCC1COC(Cc2cccc(Cl)c2)O1. The maximum absolute atomic E-state index is 8.54. The minimum atomic E-state index is -0.253. The molecule has 84 valence electrons. The minimum absolute atomic E-state index is 0.0887. The lowest BCUT2D eigenvalue weighted by Gasteiger charge is -2.10. The van der Waals surface area contributed by atoms with E-state index in [4.69, 9.17) is 26.3 Å². The molecule has 1 aliphatic rings. The largest absolute Gasteiger partial charge is 0.350 e. The van der Waals surface area contributed by atoms with Crippen molar-refractivity contribution in [2.45, 2.75) is 25.2 Å². The molecule has 0 aliphatic carbocycles. The van der Waals surface area contributed by atoms with Crippen LogP contribution in [0.3, 0.4) is 0 Å². The van der Waals surface area contributed by atoms with Crippen molar-refractivity contribution >= 4 is 11.6 Å². The number of nitriles is 1. The number of benzene rings is 1. The van der Waals surface area contributed by atoms with E-state index in [1.54, 1.807) is 0 Å². The van der Waals surface area contributed by atoms with Gasteiger partial charge in [0, 0.05) is 11.4 Å². The van der Waals surface area contributed by atoms with Crippen LogP contribution in [0.1, 0.15) is 12.0 Å². The van der Waals surface area contributed by atoms with Crippen molar-refractivity contribution in [1.82, 2.24) is 0 Å². The summed E-state index contributed by atoms with van der Waals surface area (Å²) in [7, 11) is 0. The summed E-state index contributed by atoms with van der Waals surface area (Å²) in [5.74, 6) is 0. The standard InChI is InChI=1S/C12H12ClNO2/c13-10-3-1-2-9(6-10)7-12-15-8-11(16-12)4-5-14/h1-3,6,11-12H,4,7-8H2. The Morgan fingerprint density at radius 2 is 2.38 bits per heavy atom. The van der Waals surface area contributed by atoms with Crippen molar-refractivity contribution in [2.24, 2.45) is 0 Å². The van der Waals surface area contributed by atoms with Crippen molar-refractivity contribution in [3.63, 3.8) is 0 Å². The van der Waals surface area contributed by atoms with E-state index >= 15 is 0 Å². The van der Waals surface area contributed by atoms with E-state index in [9.17, 15) is 0 Å². The van der Waals surface area contributed by atoms with Crippen LogP contribution in [0.2, 0.25) is 5.02 Å². The third kappa shape index (κ3) is 2.96. The van der Waals surface area contributed by atoms with E-state index < -0.39 is 0 Å². The Hall–Kier alpha value is -1.08. The molecule has 0 saturated carbocycles. The highest BCUT2D eigenvalue weighted by Gasteiger charge is 2.25. The molecule has 2 atom stereocenters. The lowest BCUT2D eigenvalue weighted by Crippen LogP contribution is -2.14. The van der Waals surface area contributed by atoms with Crippen LogP contribution in [0.15, 0.2) is 24.3 Å². The van der Waals surface area contributed by atoms with Crippen molar-refractivity contribution in [3.05, 3.63) is 34.9 Å². The quantitative estimate of drug-likeness (QED) is 0.811. The molecular formula is C12H12ClNO2. The zero-order valence-corrected chi connectivity index (χ0v) is 9.48. The average Bonchev–Trinajstić information content (AvgIpc) is 2.66. The fraction of sp³-hybridized carbons (Fsp3) is 0.417. The van der Waals surface area contributed by atoms with Crippen LogP contribution >= 0.6 is 11.6 Å². The molecule has 0 bridgehead atoms. The zero-order chi connectivity index (χ0) is 11.4. The van der Waals surface area contributed by atoms with E-state index in [0.717, 1.165) is 5.56 Å². The Morgan fingerprint density at radius 3 is 3.12 bits per heavy atom. The van der Waals surface area contributed by atoms with E-state index in [-0.39, 0.29) is 12.4 Å². The number of hydrogen-bond acceptors (Lipinski definition) is 3. The fourth-order valence-electron chi connectivity index (χ4n) is 1.68. The Labute approximate surface area is 99.5 Å². The van der Waals surface area contributed by atoms with Gasteiger partial charge >= 0.3 is 0 Å².